The fourth-order valence-corrected chi connectivity index (χ4v) is 4.54. The predicted octanol–water partition coefficient (Wildman–Crippen LogP) is 5.79. The summed E-state index contributed by atoms with van der Waals surface area (Å²) in [5.41, 5.74) is 6.12. The minimum absolute atomic E-state index is 0.186. The molecular formula is C25H26N2O. The van der Waals surface area contributed by atoms with E-state index < -0.39 is 0 Å². The zero-order chi connectivity index (χ0) is 19.1. The van der Waals surface area contributed by atoms with Gasteiger partial charge in [0.25, 0.3) is 0 Å². The second-order valence-corrected chi connectivity index (χ2v) is 8.17. The molecule has 2 fully saturated rings. The lowest BCUT2D eigenvalue weighted by molar-refractivity contribution is 0.0967. The average Bonchev–Trinajstić information content (AvgIpc) is 3.59. The number of carbonyl (C=O) groups is 1. The SMILES string of the molecule is Cc1nc2c(N3CCCCC3)cccc2c(-c2ccccc2)c1C(=O)C1CC1. The minimum Gasteiger partial charge on any atom is -0.370 e. The zero-order valence-corrected chi connectivity index (χ0v) is 16.4. The molecule has 2 aromatic carbocycles. The standard InChI is InChI=1S/C25H26N2O/c1-17-22(25(28)19-13-14-19)23(18-9-4-2-5-10-18)20-11-8-12-21(24(20)26-17)27-15-6-3-7-16-27/h2,4-5,8-12,19H,3,6-7,13-16H2,1H3. The summed E-state index contributed by atoms with van der Waals surface area (Å²) in [6.07, 6.45) is 5.80. The Kier molecular flexibility index (Phi) is 4.38. The number of aryl methyl sites for hydroxylation is 1. The van der Waals surface area contributed by atoms with Crippen LogP contribution in [0.1, 0.15) is 48.2 Å². The Morgan fingerprint density at radius 3 is 2.43 bits per heavy atom. The Morgan fingerprint density at radius 1 is 0.964 bits per heavy atom. The molecule has 1 aromatic heterocycles. The van der Waals surface area contributed by atoms with Crippen molar-refractivity contribution in [1.29, 1.82) is 0 Å². The van der Waals surface area contributed by atoms with Crippen LogP contribution in [0.25, 0.3) is 22.0 Å². The number of piperidine rings is 1. The van der Waals surface area contributed by atoms with Gasteiger partial charge in [0.2, 0.25) is 0 Å². The number of benzene rings is 2. The van der Waals surface area contributed by atoms with Crippen LogP contribution in [0.3, 0.4) is 0 Å². The third-order valence-electron chi connectivity index (χ3n) is 6.13. The van der Waals surface area contributed by atoms with Gasteiger partial charge in [-0.3, -0.25) is 9.78 Å². The van der Waals surface area contributed by atoms with Crippen LogP contribution in [-0.4, -0.2) is 23.9 Å². The number of rotatable bonds is 4. The van der Waals surface area contributed by atoms with E-state index in [1.807, 2.05) is 13.0 Å². The number of hydrogen-bond acceptors (Lipinski definition) is 3. The molecule has 2 heterocycles. The molecule has 3 heteroatoms. The number of fused-ring (bicyclic) bond motifs is 1. The molecule has 1 aliphatic heterocycles. The summed E-state index contributed by atoms with van der Waals surface area (Å²) in [5.74, 6) is 0.458. The monoisotopic (exact) mass is 370 g/mol. The molecule has 0 atom stereocenters. The molecule has 0 bridgehead atoms. The highest BCUT2D eigenvalue weighted by Crippen LogP contribution is 2.41. The lowest BCUT2D eigenvalue weighted by atomic mass is 9.90. The molecule has 3 nitrogen and oxygen atoms in total. The van der Waals surface area contributed by atoms with Gasteiger partial charge in [0.15, 0.2) is 5.78 Å². The zero-order valence-electron chi connectivity index (χ0n) is 16.4. The van der Waals surface area contributed by atoms with Gasteiger partial charge < -0.3 is 4.90 Å². The van der Waals surface area contributed by atoms with Crippen LogP contribution >= 0.6 is 0 Å². The largest absolute Gasteiger partial charge is 0.370 e. The van der Waals surface area contributed by atoms with Crippen molar-refractivity contribution >= 4 is 22.4 Å². The van der Waals surface area contributed by atoms with Crippen molar-refractivity contribution in [2.24, 2.45) is 5.92 Å². The highest BCUT2D eigenvalue weighted by atomic mass is 16.1. The van der Waals surface area contributed by atoms with Crippen LogP contribution in [0, 0.1) is 12.8 Å². The molecule has 0 radical (unpaired) electrons. The molecular weight excluding hydrogens is 344 g/mol. The maximum Gasteiger partial charge on any atom is 0.168 e. The van der Waals surface area contributed by atoms with Gasteiger partial charge in [-0.1, -0.05) is 42.5 Å². The van der Waals surface area contributed by atoms with Crippen molar-refractivity contribution < 1.29 is 4.79 Å². The molecule has 1 aliphatic carbocycles. The molecule has 0 unspecified atom stereocenters. The molecule has 5 rings (SSSR count). The molecule has 0 N–H and O–H groups in total. The molecule has 1 saturated carbocycles. The number of aromatic nitrogens is 1. The van der Waals surface area contributed by atoms with Crippen LogP contribution < -0.4 is 4.90 Å². The molecule has 0 spiro atoms. The minimum atomic E-state index is 0.186. The highest BCUT2D eigenvalue weighted by molar-refractivity contribution is 6.13. The van der Waals surface area contributed by atoms with Crippen molar-refractivity contribution in [2.75, 3.05) is 18.0 Å². The Morgan fingerprint density at radius 2 is 1.71 bits per heavy atom. The summed E-state index contributed by atoms with van der Waals surface area (Å²) in [7, 11) is 0. The van der Waals surface area contributed by atoms with Crippen LogP contribution in [0.2, 0.25) is 0 Å². The van der Waals surface area contributed by atoms with Gasteiger partial charge in [-0.15, -0.1) is 0 Å². The first kappa shape index (κ1) is 17.4. The third kappa shape index (κ3) is 2.99. The number of para-hydroxylation sites is 1. The number of pyridine rings is 1. The maximum atomic E-state index is 13.2. The number of nitrogens with zero attached hydrogens (tertiary/aromatic N) is 2. The molecule has 0 amide bonds. The Bertz CT molecular complexity index is 1030. The molecule has 3 aromatic rings. The summed E-state index contributed by atoms with van der Waals surface area (Å²) >= 11 is 0. The predicted molar refractivity (Wildman–Crippen MR) is 115 cm³/mol. The third-order valence-corrected chi connectivity index (χ3v) is 6.13. The number of Topliss-reactive ketones (excluding diaryl/α,β-unsaturated/α-hetero) is 1. The second-order valence-electron chi connectivity index (χ2n) is 8.17. The fraction of sp³-hybridized carbons (Fsp3) is 0.360. The molecule has 2 aliphatic rings. The fourth-order valence-electron chi connectivity index (χ4n) is 4.54. The number of hydrogen-bond donors (Lipinski definition) is 0. The first-order valence-electron chi connectivity index (χ1n) is 10.5. The van der Waals surface area contributed by atoms with Crippen molar-refractivity contribution in [2.45, 2.75) is 39.0 Å². The lowest BCUT2D eigenvalue weighted by Crippen LogP contribution is -2.29. The van der Waals surface area contributed by atoms with E-state index in [0.717, 1.165) is 59.2 Å². The van der Waals surface area contributed by atoms with Crippen LogP contribution in [0.15, 0.2) is 48.5 Å². The van der Waals surface area contributed by atoms with E-state index in [9.17, 15) is 4.79 Å². The summed E-state index contributed by atoms with van der Waals surface area (Å²) in [5, 5.41) is 1.10. The smallest absolute Gasteiger partial charge is 0.168 e. The van der Waals surface area contributed by atoms with Gasteiger partial charge in [-0.25, -0.2) is 0 Å². The number of ketones is 1. The lowest BCUT2D eigenvalue weighted by Gasteiger charge is -2.30. The topological polar surface area (TPSA) is 33.2 Å². The van der Waals surface area contributed by atoms with Gasteiger partial charge in [0, 0.05) is 41.2 Å². The molecule has 28 heavy (non-hydrogen) atoms. The Hall–Kier alpha value is -2.68. The quantitative estimate of drug-likeness (QED) is 0.545. The van der Waals surface area contributed by atoms with Gasteiger partial charge in [0.05, 0.1) is 11.2 Å². The van der Waals surface area contributed by atoms with E-state index >= 15 is 0 Å². The Balaban J connectivity index is 1.78. The first-order chi connectivity index (χ1) is 13.7. The Labute approximate surface area is 166 Å². The first-order valence-corrected chi connectivity index (χ1v) is 10.5. The highest BCUT2D eigenvalue weighted by Gasteiger charge is 2.34. The van der Waals surface area contributed by atoms with E-state index in [2.05, 4.69) is 47.4 Å². The summed E-state index contributed by atoms with van der Waals surface area (Å²) in [4.78, 5) is 20.7. The van der Waals surface area contributed by atoms with Gasteiger partial charge in [0.1, 0.15) is 0 Å². The van der Waals surface area contributed by atoms with E-state index in [4.69, 9.17) is 4.98 Å². The van der Waals surface area contributed by atoms with Gasteiger partial charge in [-0.05, 0) is 50.7 Å². The van der Waals surface area contributed by atoms with Crippen molar-refractivity contribution in [3.8, 4) is 11.1 Å². The van der Waals surface area contributed by atoms with Crippen LogP contribution in [0.4, 0.5) is 5.69 Å². The van der Waals surface area contributed by atoms with Crippen LogP contribution in [0.5, 0.6) is 0 Å². The summed E-state index contributed by atoms with van der Waals surface area (Å²) in [6.45, 7) is 4.18. The molecule has 142 valence electrons. The van der Waals surface area contributed by atoms with E-state index in [-0.39, 0.29) is 11.7 Å². The summed E-state index contributed by atoms with van der Waals surface area (Å²) in [6, 6.07) is 16.8. The van der Waals surface area contributed by atoms with E-state index in [0.29, 0.717) is 0 Å². The molecule has 1 saturated heterocycles. The van der Waals surface area contributed by atoms with E-state index in [1.165, 1.54) is 24.9 Å². The van der Waals surface area contributed by atoms with Crippen molar-refractivity contribution in [3.05, 3.63) is 59.8 Å². The average molecular weight is 370 g/mol. The normalized spacial score (nSPS) is 17.1. The van der Waals surface area contributed by atoms with Gasteiger partial charge >= 0.3 is 0 Å². The van der Waals surface area contributed by atoms with Crippen LogP contribution in [-0.2, 0) is 0 Å². The number of carbonyl (C=O) groups excluding carboxylic acids is 1. The maximum absolute atomic E-state index is 13.2. The second kappa shape index (κ2) is 7.05. The van der Waals surface area contributed by atoms with Crippen molar-refractivity contribution in [3.63, 3.8) is 0 Å². The number of anilines is 1. The van der Waals surface area contributed by atoms with E-state index in [1.54, 1.807) is 0 Å². The summed E-state index contributed by atoms with van der Waals surface area (Å²) < 4.78 is 0. The van der Waals surface area contributed by atoms with Gasteiger partial charge in [-0.2, -0.15) is 0 Å². The van der Waals surface area contributed by atoms with Crippen molar-refractivity contribution in [1.82, 2.24) is 4.98 Å².